The monoisotopic (exact) mass is 775 g/mol. The van der Waals surface area contributed by atoms with Gasteiger partial charge in [0.1, 0.15) is 31.0 Å². The van der Waals surface area contributed by atoms with Crippen molar-refractivity contribution >= 4 is 5.97 Å². The van der Waals surface area contributed by atoms with E-state index in [2.05, 4.69) is 47.6 Å². The standard InChI is InChI=1S/C47H82O8/c1-7-8-9-10-11-12-13-14-15-16-17-21-40(49)53-30-39-42(50)43(51)44(52)45(55-39)54-34-24-26-46(5)33(28-34)29-38(48)41-36-23-22-35(32(4)20-18-19-31(2)3)47(36,6)27-25-37(41)46/h29,31-32,34-39,41-45,48,50-52H,7-28,30H2,1-6H3/t32-,34?,35-,36?,37?,38-,39-,41?,42-,43+,44+,45+,46+,47-/m1/s1. The van der Waals surface area contributed by atoms with E-state index < -0.39 is 36.8 Å². The van der Waals surface area contributed by atoms with Crippen molar-refractivity contribution in [1.29, 1.82) is 0 Å². The maximum Gasteiger partial charge on any atom is 0.305 e. The number of ether oxygens (including phenoxy) is 3. The topological polar surface area (TPSA) is 126 Å². The van der Waals surface area contributed by atoms with Crippen molar-refractivity contribution in [1.82, 2.24) is 0 Å². The summed E-state index contributed by atoms with van der Waals surface area (Å²) in [6.45, 7) is 14.1. The third-order valence-corrected chi connectivity index (χ3v) is 15.7. The summed E-state index contributed by atoms with van der Waals surface area (Å²) in [5, 5.41) is 44.2. The summed E-state index contributed by atoms with van der Waals surface area (Å²) in [6, 6.07) is 0. The van der Waals surface area contributed by atoms with Crippen LogP contribution < -0.4 is 0 Å². The Morgan fingerprint density at radius 1 is 0.800 bits per heavy atom. The number of esters is 1. The first-order valence-electron chi connectivity index (χ1n) is 23.2. The van der Waals surface area contributed by atoms with Crippen LogP contribution in [-0.2, 0) is 19.0 Å². The highest BCUT2D eigenvalue weighted by Gasteiger charge is 2.61. The lowest BCUT2D eigenvalue weighted by Crippen LogP contribution is -2.60. The minimum atomic E-state index is -1.48. The van der Waals surface area contributed by atoms with Crippen LogP contribution in [0, 0.1) is 46.3 Å². The van der Waals surface area contributed by atoms with Gasteiger partial charge in [-0.3, -0.25) is 4.79 Å². The molecule has 1 heterocycles. The van der Waals surface area contributed by atoms with E-state index in [-0.39, 0.29) is 30.0 Å². The Hall–Kier alpha value is -1.03. The lowest BCUT2D eigenvalue weighted by atomic mass is 9.46. The Bertz CT molecular complexity index is 1210. The number of carbonyl (C=O) groups is 1. The summed E-state index contributed by atoms with van der Waals surface area (Å²) >= 11 is 0. The third-order valence-electron chi connectivity index (χ3n) is 15.7. The summed E-state index contributed by atoms with van der Waals surface area (Å²) < 4.78 is 17.9. The summed E-state index contributed by atoms with van der Waals surface area (Å²) in [7, 11) is 0. The van der Waals surface area contributed by atoms with Crippen molar-refractivity contribution in [3.05, 3.63) is 11.6 Å². The number of aliphatic hydroxyl groups is 4. The van der Waals surface area contributed by atoms with Crippen molar-refractivity contribution in [3.8, 4) is 0 Å². The van der Waals surface area contributed by atoms with E-state index in [1.165, 1.54) is 95.5 Å². The summed E-state index contributed by atoms with van der Waals surface area (Å²) in [4.78, 5) is 12.5. The predicted molar refractivity (Wildman–Crippen MR) is 218 cm³/mol. The van der Waals surface area contributed by atoms with Crippen LogP contribution in [0.5, 0.6) is 0 Å². The molecule has 4 N–H and O–H groups in total. The molecule has 8 nitrogen and oxygen atoms in total. The SMILES string of the molecule is CCCCCCCCCCCCCC(=O)OC[C@H]1O[C@H](OC2CC[C@@]3(C)C(=C[C@@H](O)C4C3CC[C@@]3(C)C4CC[C@@H]3[C@H](C)CCCC(C)C)C2)[C@@H](O)[C@@H](O)[C@@H]1O. The van der Waals surface area contributed by atoms with Gasteiger partial charge in [-0.1, -0.05) is 137 Å². The second-order valence-corrected chi connectivity index (χ2v) is 19.9. The van der Waals surface area contributed by atoms with Gasteiger partial charge in [0.2, 0.25) is 0 Å². The van der Waals surface area contributed by atoms with Crippen molar-refractivity contribution in [2.75, 3.05) is 6.61 Å². The second-order valence-electron chi connectivity index (χ2n) is 19.9. The van der Waals surface area contributed by atoms with E-state index in [4.69, 9.17) is 14.2 Å². The number of rotatable bonds is 21. The Labute approximate surface area is 334 Å². The molecule has 318 valence electrons. The van der Waals surface area contributed by atoms with E-state index in [0.717, 1.165) is 56.3 Å². The van der Waals surface area contributed by atoms with Gasteiger partial charge in [0.15, 0.2) is 6.29 Å². The van der Waals surface area contributed by atoms with Gasteiger partial charge in [0.25, 0.3) is 0 Å². The maximum absolute atomic E-state index is 12.5. The number of hydrogen-bond donors (Lipinski definition) is 4. The molecule has 4 aliphatic carbocycles. The van der Waals surface area contributed by atoms with E-state index in [9.17, 15) is 25.2 Å². The normalized spacial score (nSPS) is 39.3. The maximum atomic E-state index is 12.5. The zero-order valence-electron chi connectivity index (χ0n) is 35.8. The lowest BCUT2D eigenvalue weighted by molar-refractivity contribution is -0.313. The number of hydrogen-bond acceptors (Lipinski definition) is 8. The van der Waals surface area contributed by atoms with Crippen molar-refractivity contribution in [2.45, 2.75) is 226 Å². The van der Waals surface area contributed by atoms with Gasteiger partial charge in [-0.15, -0.1) is 0 Å². The molecule has 0 aromatic heterocycles. The average molecular weight is 775 g/mol. The highest BCUT2D eigenvalue weighted by molar-refractivity contribution is 5.69. The van der Waals surface area contributed by atoms with Crippen LogP contribution in [0.2, 0.25) is 0 Å². The molecular formula is C47H82O8. The minimum Gasteiger partial charge on any atom is -0.463 e. The molecule has 0 amide bonds. The molecule has 0 spiro atoms. The van der Waals surface area contributed by atoms with Crippen LogP contribution >= 0.6 is 0 Å². The second kappa shape index (κ2) is 20.8. The van der Waals surface area contributed by atoms with Crippen molar-refractivity contribution in [2.24, 2.45) is 46.3 Å². The molecule has 4 unspecified atom stereocenters. The van der Waals surface area contributed by atoms with Crippen LogP contribution in [0.15, 0.2) is 11.6 Å². The summed E-state index contributed by atoms with van der Waals surface area (Å²) in [5.74, 6) is 3.15. The summed E-state index contributed by atoms with van der Waals surface area (Å²) in [6.07, 6.45) is 19.7. The average Bonchev–Trinajstić information content (AvgIpc) is 3.51. The number of aliphatic hydroxyl groups excluding tert-OH is 4. The third kappa shape index (κ3) is 11.0. The molecule has 0 aromatic rings. The fourth-order valence-corrected chi connectivity index (χ4v) is 12.3. The molecule has 14 atom stereocenters. The zero-order valence-corrected chi connectivity index (χ0v) is 35.8. The van der Waals surface area contributed by atoms with Crippen LogP contribution in [0.1, 0.15) is 183 Å². The van der Waals surface area contributed by atoms with Crippen LogP contribution in [0.25, 0.3) is 0 Å². The van der Waals surface area contributed by atoms with Gasteiger partial charge in [0, 0.05) is 6.42 Å². The predicted octanol–water partition coefficient (Wildman–Crippen LogP) is 9.44. The molecule has 0 radical (unpaired) electrons. The molecule has 5 aliphatic rings. The van der Waals surface area contributed by atoms with Crippen LogP contribution in [0.3, 0.4) is 0 Å². The van der Waals surface area contributed by atoms with Gasteiger partial charge < -0.3 is 34.6 Å². The Balaban J connectivity index is 1.09. The van der Waals surface area contributed by atoms with E-state index in [1.54, 1.807) is 0 Å². The van der Waals surface area contributed by atoms with Gasteiger partial charge in [-0.25, -0.2) is 0 Å². The van der Waals surface area contributed by atoms with E-state index >= 15 is 0 Å². The first kappa shape index (κ1) is 45.1. The van der Waals surface area contributed by atoms with Crippen molar-refractivity contribution in [3.63, 3.8) is 0 Å². The molecule has 5 rings (SSSR count). The Kier molecular flexibility index (Phi) is 17.0. The van der Waals surface area contributed by atoms with Gasteiger partial charge >= 0.3 is 5.97 Å². The summed E-state index contributed by atoms with van der Waals surface area (Å²) in [5.41, 5.74) is 1.54. The van der Waals surface area contributed by atoms with E-state index in [0.29, 0.717) is 30.1 Å². The molecular weight excluding hydrogens is 693 g/mol. The highest BCUT2D eigenvalue weighted by Crippen LogP contribution is 2.67. The number of unbranched alkanes of at least 4 members (excludes halogenated alkanes) is 10. The Morgan fingerprint density at radius 3 is 2.15 bits per heavy atom. The molecule has 0 aromatic carbocycles. The smallest absolute Gasteiger partial charge is 0.305 e. The van der Waals surface area contributed by atoms with Gasteiger partial charge in [-0.2, -0.15) is 0 Å². The quantitative estimate of drug-likeness (QED) is 0.0517. The molecule has 1 saturated heterocycles. The van der Waals surface area contributed by atoms with Crippen LogP contribution in [-0.4, -0.2) is 75.9 Å². The molecule has 3 saturated carbocycles. The number of carbonyl (C=O) groups excluding carboxylic acids is 1. The number of fused-ring (bicyclic) bond motifs is 5. The molecule has 1 aliphatic heterocycles. The largest absolute Gasteiger partial charge is 0.463 e. The van der Waals surface area contributed by atoms with Crippen LogP contribution in [0.4, 0.5) is 0 Å². The van der Waals surface area contributed by atoms with Gasteiger partial charge in [-0.05, 0) is 97.7 Å². The Morgan fingerprint density at radius 2 is 1.47 bits per heavy atom. The molecule has 0 bridgehead atoms. The minimum absolute atomic E-state index is 0.00156. The van der Waals surface area contributed by atoms with E-state index in [1.807, 2.05) is 0 Å². The fourth-order valence-electron chi connectivity index (χ4n) is 12.3. The lowest BCUT2D eigenvalue weighted by Gasteiger charge is -2.59. The van der Waals surface area contributed by atoms with Crippen molar-refractivity contribution < 1.29 is 39.4 Å². The zero-order chi connectivity index (χ0) is 39.8. The molecule has 8 heteroatoms. The molecule has 55 heavy (non-hydrogen) atoms. The first-order valence-corrected chi connectivity index (χ1v) is 23.2. The van der Waals surface area contributed by atoms with Gasteiger partial charge in [0.05, 0.1) is 12.2 Å². The first-order chi connectivity index (χ1) is 26.3. The fraction of sp³-hybridized carbons (Fsp3) is 0.936. The highest BCUT2D eigenvalue weighted by atomic mass is 16.7. The molecule has 4 fully saturated rings.